The maximum Gasteiger partial charge on any atom is 0.312 e. The minimum absolute atomic E-state index is 0.0594. The van der Waals surface area contributed by atoms with Crippen LogP contribution in [0, 0.1) is 31.6 Å². The second kappa shape index (κ2) is 8.09. The zero-order valence-electron chi connectivity index (χ0n) is 20.2. The van der Waals surface area contributed by atoms with Crippen molar-refractivity contribution in [3.05, 3.63) is 29.3 Å². The van der Waals surface area contributed by atoms with E-state index in [0.717, 1.165) is 11.1 Å². The molecule has 180 valence electrons. The van der Waals surface area contributed by atoms with E-state index >= 15 is 0 Å². The molecule has 8 nitrogen and oxygen atoms in total. The summed E-state index contributed by atoms with van der Waals surface area (Å²) in [7, 11) is 0. The molecule has 1 spiro atoms. The predicted octanol–water partition coefficient (Wildman–Crippen LogP) is 2.20. The number of ether oxygens (including phenoxy) is 2. The average Bonchev–Trinajstić information content (AvgIpc) is 3.27. The molecular weight excluding hydrogens is 424 g/mol. The highest BCUT2D eigenvalue weighted by atomic mass is 16.6. The van der Waals surface area contributed by atoms with Crippen LogP contribution in [0.1, 0.15) is 45.2 Å². The highest BCUT2D eigenvalue weighted by molar-refractivity contribution is 6.04. The van der Waals surface area contributed by atoms with Crippen molar-refractivity contribution in [1.29, 1.82) is 0 Å². The molecule has 8 heteroatoms. The van der Waals surface area contributed by atoms with E-state index in [1.807, 2.05) is 45.9 Å². The number of rotatable bonds is 6. The molecule has 3 saturated heterocycles. The first-order valence-electron chi connectivity index (χ1n) is 11.7. The molecule has 4 rings (SSSR count). The number of esters is 1. The standard InChI is InChI=1S/C25H34N2O6/c1-7-32-23(31)18-17-22(30)27(16(5)12-28)20(25(17)11-15(4)24(18,6)33-25)21(29)26-19-13(2)9-8-10-14(19)3/h8-10,15-18,20,28H,7,11-12H2,1-6H3,(H,26,29)/t15?,16-,17+,18-,20?,24+,25?/m1/s1. The van der Waals surface area contributed by atoms with Crippen LogP contribution >= 0.6 is 0 Å². The third-order valence-electron chi connectivity index (χ3n) is 8.01. The predicted molar refractivity (Wildman–Crippen MR) is 121 cm³/mol. The van der Waals surface area contributed by atoms with Crippen molar-refractivity contribution >= 4 is 23.5 Å². The van der Waals surface area contributed by atoms with Gasteiger partial charge in [0, 0.05) is 5.69 Å². The molecule has 3 fully saturated rings. The molecule has 0 aromatic heterocycles. The first-order chi connectivity index (χ1) is 15.5. The number of aryl methyl sites for hydroxylation is 2. The zero-order valence-corrected chi connectivity index (χ0v) is 20.2. The Morgan fingerprint density at radius 3 is 2.55 bits per heavy atom. The number of para-hydroxylation sites is 1. The Morgan fingerprint density at radius 2 is 1.97 bits per heavy atom. The van der Waals surface area contributed by atoms with Gasteiger partial charge in [0.1, 0.15) is 17.6 Å². The van der Waals surface area contributed by atoms with Crippen LogP contribution in [0.25, 0.3) is 0 Å². The van der Waals surface area contributed by atoms with Crippen molar-refractivity contribution in [1.82, 2.24) is 4.90 Å². The second-order valence-electron chi connectivity index (χ2n) is 9.99. The number of carbonyl (C=O) groups is 3. The summed E-state index contributed by atoms with van der Waals surface area (Å²) in [6.45, 7) is 11.0. The van der Waals surface area contributed by atoms with Crippen molar-refractivity contribution in [3.63, 3.8) is 0 Å². The molecule has 0 radical (unpaired) electrons. The topological polar surface area (TPSA) is 105 Å². The number of aliphatic hydroxyl groups is 1. The van der Waals surface area contributed by atoms with Gasteiger partial charge >= 0.3 is 5.97 Å². The number of benzene rings is 1. The van der Waals surface area contributed by atoms with E-state index in [4.69, 9.17) is 9.47 Å². The Morgan fingerprint density at radius 1 is 1.33 bits per heavy atom. The summed E-state index contributed by atoms with van der Waals surface area (Å²) in [5, 5.41) is 13.0. The Bertz CT molecular complexity index is 975. The van der Waals surface area contributed by atoms with Gasteiger partial charge in [0.2, 0.25) is 11.8 Å². The lowest BCUT2D eigenvalue weighted by Gasteiger charge is -2.36. The van der Waals surface area contributed by atoms with Gasteiger partial charge in [-0.3, -0.25) is 14.4 Å². The number of hydrogen-bond donors (Lipinski definition) is 2. The van der Waals surface area contributed by atoms with Gasteiger partial charge < -0.3 is 24.8 Å². The van der Waals surface area contributed by atoms with Gasteiger partial charge in [0.25, 0.3) is 0 Å². The van der Waals surface area contributed by atoms with Crippen LogP contribution in [0.4, 0.5) is 5.69 Å². The minimum Gasteiger partial charge on any atom is -0.466 e. The van der Waals surface area contributed by atoms with Crippen LogP contribution in [0.15, 0.2) is 18.2 Å². The molecule has 3 aliphatic rings. The first-order valence-corrected chi connectivity index (χ1v) is 11.7. The van der Waals surface area contributed by atoms with E-state index in [0.29, 0.717) is 12.1 Å². The van der Waals surface area contributed by atoms with Gasteiger partial charge in [-0.15, -0.1) is 0 Å². The largest absolute Gasteiger partial charge is 0.466 e. The molecule has 3 aliphatic heterocycles. The van der Waals surface area contributed by atoms with Gasteiger partial charge in [-0.05, 0) is 58.1 Å². The summed E-state index contributed by atoms with van der Waals surface area (Å²) in [5.74, 6) is -2.88. The third-order valence-corrected chi connectivity index (χ3v) is 8.01. The summed E-state index contributed by atoms with van der Waals surface area (Å²) in [4.78, 5) is 42.1. The second-order valence-corrected chi connectivity index (χ2v) is 9.99. The summed E-state index contributed by atoms with van der Waals surface area (Å²) < 4.78 is 11.9. The van der Waals surface area contributed by atoms with Crippen LogP contribution in [0.2, 0.25) is 0 Å². The van der Waals surface area contributed by atoms with Gasteiger partial charge in [0.15, 0.2) is 0 Å². The van der Waals surface area contributed by atoms with Crippen molar-refractivity contribution in [3.8, 4) is 0 Å². The Kier molecular flexibility index (Phi) is 5.81. The van der Waals surface area contributed by atoms with Crippen LogP contribution in [0.3, 0.4) is 0 Å². The average molecular weight is 459 g/mol. The quantitative estimate of drug-likeness (QED) is 0.633. The molecular formula is C25H34N2O6. The summed E-state index contributed by atoms with van der Waals surface area (Å²) >= 11 is 0. The number of amides is 2. The van der Waals surface area contributed by atoms with Gasteiger partial charge in [-0.2, -0.15) is 0 Å². The van der Waals surface area contributed by atoms with E-state index in [1.54, 1.807) is 13.8 Å². The lowest BCUT2D eigenvalue weighted by Crippen LogP contribution is -2.56. The van der Waals surface area contributed by atoms with Crippen molar-refractivity contribution in [2.24, 2.45) is 17.8 Å². The number of likely N-dealkylation sites (tertiary alicyclic amines) is 1. The maximum atomic E-state index is 13.9. The Hall–Kier alpha value is -2.45. The number of carbonyl (C=O) groups excluding carboxylic acids is 3. The maximum absolute atomic E-state index is 13.9. The number of hydrogen-bond acceptors (Lipinski definition) is 6. The molecule has 1 aromatic carbocycles. The number of aliphatic hydroxyl groups excluding tert-OH is 1. The SMILES string of the molecule is CCOC(=O)[C@H]1[C@H]2C(=O)N([C@H](C)CO)C(C(=O)Nc3c(C)cccc3C)C23CC(C)[C@]1(C)O3. The van der Waals surface area contributed by atoms with Crippen LogP contribution in [-0.4, -0.2) is 64.3 Å². The van der Waals surface area contributed by atoms with Crippen LogP contribution in [0.5, 0.6) is 0 Å². The normalized spacial score (nSPS) is 35.5. The lowest BCUT2D eigenvalue weighted by atomic mass is 9.62. The summed E-state index contributed by atoms with van der Waals surface area (Å²) in [5.41, 5.74) is 0.445. The molecule has 33 heavy (non-hydrogen) atoms. The van der Waals surface area contributed by atoms with E-state index < -0.39 is 41.1 Å². The first kappa shape index (κ1) is 23.7. The molecule has 7 atom stereocenters. The fraction of sp³-hybridized carbons (Fsp3) is 0.640. The van der Waals surface area contributed by atoms with E-state index in [-0.39, 0.29) is 30.9 Å². The lowest BCUT2D eigenvalue weighted by molar-refractivity contribution is -0.161. The molecule has 2 N–H and O–H groups in total. The van der Waals surface area contributed by atoms with Crippen molar-refractivity contribution in [2.75, 3.05) is 18.5 Å². The highest BCUT2D eigenvalue weighted by Gasteiger charge is 2.80. The fourth-order valence-electron chi connectivity index (χ4n) is 6.33. The highest BCUT2D eigenvalue weighted by Crippen LogP contribution is 2.65. The molecule has 2 bridgehead atoms. The molecule has 0 aliphatic carbocycles. The van der Waals surface area contributed by atoms with E-state index in [1.165, 1.54) is 4.90 Å². The zero-order chi connectivity index (χ0) is 24.3. The number of nitrogens with zero attached hydrogens (tertiary/aromatic N) is 1. The summed E-state index contributed by atoms with van der Waals surface area (Å²) in [6.07, 6.45) is 0.468. The third kappa shape index (κ3) is 3.21. The molecule has 3 heterocycles. The number of fused-ring (bicyclic) bond motifs is 1. The molecule has 0 saturated carbocycles. The van der Waals surface area contributed by atoms with Crippen LogP contribution in [-0.2, 0) is 23.9 Å². The van der Waals surface area contributed by atoms with Crippen LogP contribution < -0.4 is 5.32 Å². The molecule has 2 amide bonds. The number of anilines is 1. The Balaban J connectivity index is 1.81. The van der Waals surface area contributed by atoms with Gasteiger partial charge in [-0.1, -0.05) is 25.1 Å². The summed E-state index contributed by atoms with van der Waals surface area (Å²) in [6, 6.07) is 4.16. The van der Waals surface area contributed by atoms with Crippen molar-refractivity contribution < 1.29 is 29.0 Å². The fourth-order valence-corrected chi connectivity index (χ4v) is 6.33. The van der Waals surface area contributed by atoms with E-state index in [2.05, 4.69) is 5.32 Å². The minimum atomic E-state index is -1.16. The molecule has 1 aromatic rings. The van der Waals surface area contributed by atoms with Crippen molar-refractivity contribution in [2.45, 2.75) is 71.2 Å². The Labute approximate surface area is 194 Å². The monoisotopic (exact) mass is 458 g/mol. The molecule has 3 unspecified atom stereocenters. The van der Waals surface area contributed by atoms with E-state index in [9.17, 15) is 19.5 Å². The smallest absolute Gasteiger partial charge is 0.312 e. The van der Waals surface area contributed by atoms with Gasteiger partial charge in [0.05, 0.1) is 30.8 Å². The van der Waals surface area contributed by atoms with Gasteiger partial charge in [-0.25, -0.2) is 0 Å². The number of nitrogens with one attached hydrogen (secondary N) is 1.